The molecule has 4 rings (SSSR count). The fraction of sp³-hybridized carbons (Fsp3) is 0.750. The number of aromatic nitrogens is 3. The molecular formula is C16H24N6O2. The maximum atomic E-state index is 12.6. The number of aryl methyl sites for hydroxylation is 1. The van der Waals surface area contributed by atoms with Crippen molar-refractivity contribution in [1.82, 2.24) is 29.9 Å². The van der Waals surface area contributed by atoms with E-state index < -0.39 is 5.54 Å². The van der Waals surface area contributed by atoms with E-state index >= 15 is 0 Å². The molecule has 1 aromatic heterocycles. The molecule has 24 heavy (non-hydrogen) atoms. The second kappa shape index (κ2) is 5.84. The predicted molar refractivity (Wildman–Crippen MR) is 86.2 cm³/mol. The molecule has 0 aromatic carbocycles. The molecule has 3 aliphatic rings. The van der Waals surface area contributed by atoms with E-state index in [4.69, 9.17) is 0 Å². The highest BCUT2D eigenvalue weighted by atomic mass is 16.2. The standard InChI is InChI=1S/C16H24N6O2/c1-20-11-18-13(19-20)14(23)21-7-4-16(5-8-21)15(24)17-6-9-22(16)10-12-2-3-12/h11-12H,2-10H2,1H3,(H,17,24). The van der Waals surface area contributed by atoms with Crippen molar-refractivity contribution >= 4 is 11.8 Å². The summed E-state index contributed by atoms with van der Waals surface area (Å²) in [7, 11) is 1.75. The highest BCUT2D eigenvalue weighted by Crippen LogP contribution is 2.37. The van der Waals surface area contributed by atoms with Crippen molar-refractivity contribution in [1.29, 1.82) is 0 Å². The number of piperazine rings is 1. The van der Waals surface area contributed by atoms with E-state index in [1.807, 2.05) is 0 Å². The first-order valence-electron chi connectivity index (χ1n) is 8.77. The Bertz CT molecular complexity index is 645. The number of rotatable bonds is 3. The lowest BCUT2D eigenvalue weighted by Gasteiger charge is -2.50. The topological polar surface area (TPSA) is 83.4 Å². The number of nitrogens with one attached hydrogen (secondary N) is 1. The van der Waals surface area contributed by atoms with Gasteiger partial charge in [0.05, 0.1) is 0 Å². The fourth-order valence-electron chi connectivity index (χ4n) is 3.91. The van der Waals surface area contributed by atoms with Gasteiger partial charge in [0.1, 0.15) is 11.9 Å². The van der Waals surface area contributed by atoms with Crippen molar-refractivity contribution in [3.63, 3.8) is 0 Å². The molecule has 1 aromatic rings. The third-order valence-corrected chi connectivity index (χ3v) is 5.54. The maximum absolute atomic E-state index is 12.6. The van der Waals surface area contributed by atoms with Crippen LogP contribution in [0.1, 0.15) is 36.3 Å². The van der Waals surface area contributed by atoms with Crippen molar-refractivity contribution < 1.29 is 9.59 Å². The lowest BCUT2D eigenvalue weighted by atomic mass is 9.82. The second-order valence-corrected chi connectivity index (χ2v) is 7.21. The summed E-state index contributed by atoms with van der Waals surface area (Å²) in [6.07, 6.45) is 5.47. The molecule has 1 N–H and O–H groups in total. The van der Waals surface area contributed by atoms with Gasteiger partial charge in [0.25, 0.3) is 5.91 Å². The average molecular weight is 332 g/mol. The van der Waals surface area contributed by atoms with Crippen LogP contribution in [0.3, 0.4) is 0 Å². The summed E-state index contributed by atoms with van der Waals surface area (Å²) in [5.74, 6) is 0.981. The number of amides is 2. The second-order valence-electron chi connectivity index (χ2n) is 7.21. The van der Waals surface area contributed by atoms with Crippen molar-refractivity contribution in [2.45, 2.75) is 31.2 Å². The highest BCUT2D eigenvalue weighted by molar-refractivity contribution is 5.91. The summed E-state index contributed by atoms with van der Waals surface area (Å²) in [5.41, 5.74) is -0.435. The van der Waals surface area contributed by atoms with E-state index in [1.54, 1.807) is 11.9 Å². The van der Waals surface area contributed by atoms with Gasteiger partial charge in [0.2, 0.25) is 11.7 Å². The quantitative estimate of drug-likeness (QED) is 0.817. The van der Waals surface area contributed by atoms with Gasteiger partial charge in [-0.25, -0.2) is 4.98 Å². The van der Waals surface area contributed by atoms with E-state index in [-0.39, 0.29) is 17.6 Å². The molecule has 0 atom stereocenters. The number of hydrogen-bond donors (Lipinski definition) is 1. The molecule has 1 spiro atoms. The first-order chi connectivity index (χ1) is 11.6. The van der Waals surface area contributed by atoms with Crippen molar-refractivity contribution in [2.24, 2.45) is 13.0 Å². The molecule has 3 heterocycles. The fourth-order valence-corrected chi connectivity index (χ4v) is 3.91. The summed E-state index contributed by atoms with van der Waals surface area (Å²) in [6, 6.07) is 0. The van der Waals surface area contributed by atoms with E-state index in [0.717, 1.165) is 25.6 Å². The van der Waals surface area contributed by atoms with Gasteiger partial charge in [-0.15, -0.1) is 5.10 Å². The van der Waals surface area contributed by atoms with Crippen molar-refractivity contribution in [2.75, 3.05) is 32.7 Å². The van der Waals surface area contributed by atoms with Gasteiger partial charge in [0.15, 0.2) is 0 Å². The number of nitrogens with zero attached hydrogens (tertiary/aromatic N) is 5. The molecule has 1 aliphatic carbocycles. The zero-order chi connectivity index (χ0) is 16.7. The zero-order valence-corrected chi connectivity index (χ0v) is 14.1. The lowest BCUT2D eigenvalue weighted by Crippen LogP contribution is -2.68. The largest absolute Gasteiger partial charge is 0.353 e. The van der Waals surface area contributed by atoms with Crippen molar-refractivity contribution in [3.05, 3.63) is 12.2 Å². The van der Waals surface area contributed by atoms with Gasteiger partial charge in [-0.3, -0.25) is 19.2 Å². The molecule has 8 nitrogen and oxygen atoms in total. The minimum atomic E-state index is -0.435. The van der Waals surface area contributed by atoms with Crippen LogP contribution in [-0.2, 0) is 11.8 Å². The zero-order valence-electron chi connectivity index (χ0n) is 14.1. The Hall–Kier alpha value is -1.96. The summed E-state index contributed by atoms with van der Waals surface area (Å²) in [6.45, 7) is 3.81. The van der Waals surface area contributed by atoms with Crippen molar-refractivity contribution in [3.8, 4) is 0 Å². The Labute approximate surface area is 141 Å². The Kier molecular flexibility index (Phi) is 3.79. The normalized spacial score (nSPS) is 24.2. The molecule has 130 valence electrons. The summed E-state index contributed by atoms with van der Waals surface area (Å²) in [5, 5.41) is 7.13. The number of carbonyl (C=O) groups excluding carboxylic acids is 2. The van der Waals surface area contributed by atoms with E-state index in [0.29, 0.717) is 25.9 Å². The molecule has 0 unspecified atom stereocenters. The van der Waals surface area contributed by atoms with Crippen LogP contribution >= 0.6 is 0 Å². The minimum absolute atomic E-state index is 0.137. The first kappa shape index (κ1) is 15.6. The number of hydrogen-bond acceptors (Lipinski definition) is 5. The SMILES string of the molecule is Cn1cnc(C(=O)N2CCC3(CC2)C(=O)NCCN3CC2CC2)n1. The lowest BCUT2D eigenvalue weighted by molar-refractivity contribution is -0.141. The number of likely N-dealkylation sites (tertiary alicyclic amines) is 1. The van der Waals surface area contributed by atoms with Crippen LogP contribution < -0.4 is 5.32 Å². The van der Waals surface area contributed by atoms with Crippen LogP contribution in [0.25, 0.3) is 0 Å². The molecule has 0 radical (unpaired) electrons. The Morgan fingerprint density at radius 3 is 2.71 bits per heavy atom. The van der Waals surface area contributed by atoms with Crippen LogP contribution in [0.5, 0.6) is 0 Å². The molecule has 2 aliphatic heterocycles. The summed E-state index contributed by atoms with van der Waals surface area (Å²) in [4.78, 5) is 33.4. The van der Waals surface area contributed by atoms with Gasteiger partial charge in [0, 0.05) is 39.8 Å². The van der Waals surface area contributed by atoms with Crippen LogP contribution in [0.15, 0.2) is 6.33 Å². The van der Waals surface area contributed by atoms with Gasteiger partial charge in [-0.05, 0) is 31.6 Å². The highest BCUT2D eigenvalue weighted by Gasteiger charge is 2.49. The predicted octanol–water partition coefficient (Wildman–Crippen LogP) is -0.368. The van der Waals surface area contributed by atoms with Gasteiger partial charge < -0.3 is 10.2 Å². The molecule has 0 bridgehead atoms. The molecule has 8 heteroatoms. The third kappa shape index (κ3) is 2.68. The van der Waals surface area contributed by atoms with E-state index in [2.05, 4.69) is 20.3 Å². The Balaban J connectivity index is 1.46. The third-order valence-electron chi connectivity index (χ3n) is 5.54. The van der Waals surface area contributed by atoms with Crippen LogP contribution in [-0.4, -0.2) is 74.6 Å². The van der Waals surface area contributed by atoms with E-state index in [9.17, 15) is 9.59 Å². The molecule has 1 saturated carbocycles. The van der Waals surface area contributed by atoms with Gasteiger partial charge in [-0.1, -0.05) is 0 Å². The Morgan fingerprint density at radius 2 is 2.08 bits per heavy atom. The van der Waals surface area contributed by atoms with Gasteiger partial charge in [-0.2, -0.15) is 0 Å². The molecule has 2 saturated heterocycles. The van der Waals surface area contributed by atoms with Crippen LogP contribution in [0, 0.1) is 5.92 Å². The smallest absolute Gasteiger partial charge is 0.293 e. The average Bonchev–Trinajstić information content (AvgIpc) is 3.30. The molecule has 3 fully saturated rings. The number of piperidine rings is 1. The first-order valence-corrected chi connectivity index (χ1v) is 8.77. The molecular weight excluding hydrogens is 308 g/mol. The van der Waals surface area contributed by atoms with E-state index in [1.165, 1.54) is 23.9 Å². The summed E-state index contributed by atoms with van der Waals surface area (Å²) < 4.78 is 1.53. The number of carbonyl (C=O) groups is 2. The minimum Gasteiger partial charge on any atom is -0.353 e. The van der Waals surface area contributed by atoms with Gasteiger partial charge >= 0.3 is 0 Å². The van der Waals surface area contributed by atoms with Crippen LogP contribution in [0.4, 0.5) is 0 Å². The Morgan fingerprint density at radius 1 is 1.33 bits per heavy atom. The monoisotopic (exact) mass is 332 g/mol. The summed E-state index contributed by atoms with van der Waals surface area (Å²) >= 11 is 0. The maximum Gasteiger partial charge on any atom is 0.293 e. The van der Waals surface area contributed by atoms with Crippen LogP contribution in [0.2, 0.25) is 0 Å². The molecule has 2 amide bonds.